The highest BCUT2D eigenvalue weighted by atomic mass is 32.1. The molecule has 2 aromatic rings. The van der Waals surface area contributed by atoms with E-state index in [1.807, 2.05) is 20.2 Å². The first-order valence-corrected chi connectivity index (χ1v) is 9.78. The third kappa shape index (κ3) is 3.27. The van der Waals surface area contributed by atoms with E-state index >= 15 is 0 Å². The molecule has 0 aromatic carbocycles. The minimum absolute atomic E-state index is 0.267. The Hall–Kier alpha value is -1.96. The number of piperidine rings is 1. The second kappa shape index (κ2) is 6.74. The molecule has 2 aromatic heterocycles. The Kier molecular flexibility index (Phi) is 4.45. The molecule has 4 rings (SSSR count). The van der Waals surface area contributed by atoms with Crippen molar-refractivity contribution in [3.8, 4) is 0 Å². The molecule has 1 saturated heterocycles. The van der Waals surface area contributed by atoms with Crippen molar-refractivity contribution in [3.05, 3.63) is 22.7 Å². The molecule has 0 bridgehead atoms. The summed E-state index contributed by atoms with van der Waals surface area (Å²) in [6.07, 6.45) is 6.46. The Labute approximate surface area is 151 Å². The molecule has 2 aliphatic rings. The zero-order chi connectivity index (χ0) is 17.4. The van der Waals surface area contributed by atoms with Gasteiger partial charge in [0.05, 0.1) is 12.3 Å². The van der Waals surface area contributed by atoms with E-state index in [0.717, 1.165) is 42.6 Å². The molecule has 0 atom stereocenters. The smallest absolute Gasteiger partial charge is 0.350 e. The number of esters is 1. The maximum atomic E-state index is 12.0. The number of thiazole rings is 1. The van der Waals surface area contributed by atoms with Crippen LogP contribution in [0.15, 0.2) is 6.33 Å². The van der Waals surface area contributed by atoms with Gasteiger partial charge in [-0.3, -0.25) is 0 Å². The van der Waals surface area contributed by atoms with E-state index in [1.54, 1.807) is 0 Å². The average molecular weight is 361 g/mol. The lowest BCUT2D eigenvalue weighted by molar-refractivity contribution is 0.0531. The molecule has 0 radical (unpaired) electrons. The van der Waals surface area contributed by atoms with Crippen LogP contribution in [0.3, 0.4) is 0 Å². The van der Waals surface area contributed by atoms with E-state index in [4.69, 9.17) is 4.74 Å². The van der Waals surface area contributed by atoms with Crippen molar-refractivity contribution in [1.29, 1.82) is 0 Å². The van der Waals surface area contributed by atoms with Crippen LogP contribution < -0.4 is 4.90 Å². The minimum Gasteiger partial charge on any atom is -0.462 e. The third-order valence-corrected chi connectivity index (χ3v) is 6.12. The first-order valence-electron chi connectivity index (χ1n) is 8.96. The largest absolute Gasteiger partial charge is 0.462 e. The number of aryl methyl sites for hydroxylation is 1. The third-order valence-electron chi connectivity index (χ3n) is 4.92. The number of hydrogen-bond donors (Lipinski definition) is 0. The topological polar surface area (TPSA) is 73.1 Å². The Balaban J connectivity index is 1.42. The Morgan fingerprint density at radius 2 is 2.08 bits per heavy atom. The van der Waals surface area contributed by atoms with E-state index < -0.39 is 0 Å². The molecule has 0 amide bonds. The van der Waals surface area contributed by atoms with Crippen LogP contribution in [0.4, 0.5) is 5.13 Å². The summed E-state index contributed by atoms with van der Waals surface area (Å²) in [7, 11) is 0. The Morgan fingerprint density at radius 1 is 1.32 bits per heavy atom. The van der Waals surface area contributed by atoms with Crippen LogP contribution in [0.5, 0.6) is 0 Å². The van der Waals surface area contributed by atoms with Crippen LogP contribution in [-0.2, 0) is 4.74 Å². The summed E-state index contributed by atoms with van der Waals surface area (Å²) in [5, 5.41) is 9.43. The van der Waals surface area contributed by atoms with Gasteiger partial charge in [-0.15, -0.1) is 10.2 Å². The number of aromatic nitrogens is 4. The molecule has 25 heavy (non-hydrogen) atoms. The quantitative estimate of drug-likeness (QED) is 0.763. The molecule has 1 aliphatic heterocycles. The molecule has 0 spiro atoms. The van der Waals surface area contributed by atoms with E-state index in [0.29, 0.717) is 23.4 Å². The summed E-state index contributed by atoms with van der Waals surface area (Å²) < 4.78 is 7.38. The number of carbonyl (C=O) groups is 1. The van der Waals surface area contributed by atoms with Gasteiger partial charge in [0, 0.05) is 25.0 Å². The first-order chi connectivity index (χ1) is 12.2. The van der Waals surface area contributed by atoms with Crippen LogP contribution >= 0.6 is 11.3 Å². The summed E-state index contributed by atoms with van der Waals surface area (Å²) in [6.45, 7) is 5.94. The van der Waals surface area contributed by atoms with E-state index in [1.165, 1.54) is 24.2 Å². The van der Waals surface area contributed by atoms with Gasteiger partial charge in [-0.2, -0.15) is 0 Å². The number of ether oxygens (including phenoxy) is 1. The van der Waals surface area contributed by atoms with Gasteiger partial charge in [0.1, 0.15) is 17.0 Å². The van der Waals surface area contributed by atoms with Gasteiger partial charge in [-0.25, -0.2) is 9.78 Å². The second-order valence-electron chi connectivity index (χ2n) is 6.72. The monoisotopic (exact) mass is 361 g/mol. The predicted molar refractivity (Wildman–Crippen MR) is 95.3 cm³/mol. The molecule has 134 valence electrons. The summed E-state index contributed by atoms with van der Waals surface area (Å²) in [5.74, 6) is 1.34. The standard InChI is InChI=1S/C17H23N5O2S/c1-3-24-16(23)14-11(2)19-17(25-14)21-8-6-12(7-9-21)15-20-18-10-22(15)13-4-5-13/h10,12-13H,3-9H2,1-2H3. The van der Waals surface area contributed by atoms with E-state index in [-0.39, 0.29) is 5.97 Å². The average Bonchev–Trinajstić information content (AvgIpc) is 3.21. The number of nitrogens with zero attached hydrogens (tertiary/aromatic N) is 5. The maximum absolute atomic E-state index is 12.0. The fraction of sp³-hybridized carbons (Fsp3) is 0.647. The predicted octanol–water partition coefficient (Wildman–Crippen LogP) is 2.94. The molecule has 2 fully saturated rings. The van der Waals surface area contributed by atoms with Gasteiger partial charge in [-0.1, -0.05) is 11.3 Å². The lowest BCUT2D eigenvalue weighted by atomic mass is 9.96. The van der Waals surface area contributed by atoms with E-state index in [9.17, 15) is 4.79 Å². The van der Waals surface area contributed by atoms with Crippen LogP contribution in [0, 0.1) is 6.92 Å². The zero-order valence-corrected chi connectivity index (χ0v) is 15.5. The lowest BCUT2D eigenvalue weighted by Gasteiger charge is -2.31. The summed E-state index contributed by atoms with van der Waals surface area (Å²) in [5.41, 5.74) is 0.758. The SMILES string of the molecule is CCOC(=O)c1sc(N2CCC(c3nncn3C3CC3)CC2)nc1C. The highest BCUT2D eigenvalue weighted by molar-refractivity contribution is 7.17. The van der Waals surface area contributed by atoms with Gasteiger partial charge < -0.3 is 14.2 Å². The van der Waals surface area contributed by atoms with Crippen molar-refractivity contribution in [3.63, 3.8) is 0 Å². The second-order valence-corrected chi connectivity index (χ2v) is 7.70. The molecule has 3 heterocycles. The van der Waals surface area contributed by atoms with Crippen molar-refractivity contribution in [1.82, 2.24) is 19.7 Å². The van der Waals surface area contributed by atoms with Crippen molar-refractivity contribution >= 4 is 22.4 Å². The highest BCUT2D eigenvalue weighted by Crippen LogP contribution is 2.39. The van der Waals surface area contributed by atoms with Crippen LogP contribution in [0.1, 0.15) is 65.8 Å². The first kappa shape index (κ1) is 16.5. The van der Waals surface area contributed by atoms with Gasteiger partial charge >= 0.3 is 5.97 Å². The maximum Gasteiger partial charge on any atom is 0.350 e. The fourth-order valence-electron chi connectivity index (χ4n) is 3.41. The molecular weight excluding hydrogens is 338 g/mol. The van der Waals surface area contributed by atoms with Crippen LogP contribution in [0.2, 0.25) is 0 Å². The van der Waals surface area contributed by atoms with Crippen molar-refractivity contribution in [2.24, 2.45) is 0 Å². The summed E-state index contributed by atoms with van der Waals surface area (Å²) in [6, 6.07) is 0.622. The van der Waals surface area contributed by atoms with E-state index in [2.05, 4.69) is 24.6 Å². The number of rotatable bonds is 5. The molecule has 8 heteroatoms. The van der Waals surface area contributed by atoms with Crippen LogP contribution in [-0.4, -0.2) is 45.4 Å². The Morgan fingerprint density at radius 3 is 2.76 bits per heavy atom. The summed E-state index contributed by atoms with van der Waals surface area (Å²) >= 11 is 1.44. The zero-order valence-electron chi connectivity index (χ0n) is 14.6. The van der Waals surface area contributed by atoms with Gasteiger partial charge in [0.15, 0.2) is 5.13 Å². The normalized spacial score (nSPS) is 18.6. The summed E-state index contributed by atoms with van der Waals surface area (Å²) in [4.78, 5) is 19.5. The molecule has 1 aliphatic carbocycles. The number of hydrogen-bond acceptors (Lipinski definition) is 7. The van der Waals surface area contributed by atoms with Gasteiger partial charge in [-0.05, 0) is 39.5 Å². The fourth-order valence-corrected chi connectivity index (χ4v) is 4.42. The highest BCUT2D eigenvalue weighted by Gasteiger charge is 2.31. The van der Waals surface area contributed by atoms with Crippen molar-refractivity contribution in [2.45, 2.75) is 51.5 Å². The minimum atomic E-state index is -0.267. The van der Waals surface area contributed by atoms with Gasteiger partial charge in [0.25, 0.3) is 0 Å². The van der Waals surface area contributed by atoms with Gasteiger partial charge in [0.2, 0.25) is 0 Å². The number of anilines is 1. The van der Waals surface area contributed by atoms with Crippen molar-refractivity contribution < 1.29 is 9.53 Å². The molecular formula is C17H23N5O2S. The Bertz CT molecular complexity index is 759. The molecule has 7 nitrogen and oxygen atoms in total. The lowest BCUT2D eigenvalue weighted by Crippen LogP contribution is -2.33. The van der Waals surface area contributed by atoms with Crippen LogP contribution in [0.25, 0.3) is 0 Å². The molecule has 0 N–H and O–H groups in total. The van der Waals surface area contributed by atoms with Crippen molar-refractivity contribution in [2.75, 3.05) is 24.6 Å². The molecule has 1 saturated carbocycles. The molecule has 0 unspecified atom stereocenters. The number of carbonyl (C=O) groups excluding carboxylic acids is 1.